The van der Waals surface area contributed by atoms with Crippen LogP contribution in [0.1, 0.15) is 0 Å². The molecule has 0 atom stereocenters. The largest absolute Gasteiger partial charge is 0.466 e. The molecule has 7 heteroatoms. The first kappa shape index (κ1) is 15.7. The molecule has 0 aromatic carbocycles. The second-order valence-corrected chi connectivity index (χ2v) is 1.54. The maximum Gasteiger partial charge on any atom is 0.466 e. The van der Waals surface area contributed by atoms with Crippen LogP contribution in [-0.4, -0.2) is 14.7 Å². The lowest BCUT2D eigenvalue weighted by Gasteiger charge is -1.82. The van der Waals surface area contributed by atoms with E-state index in [4.69, 9.17) is 19.2 Å². The lowest BCUT2D eigenvalue weighted by molar-refractivity contribution is 0.275. The molecule has 0 heterocycles. The quantitative estimate of drug-likeness (QED) is 0.417. The molecule has 0 aliphatic carbocycles. The van der Waals surface area contributed by atoms with Crippen molar-refractivity contribution < 1.29 is 23.9 Å². The van der Waals surface area contributed by atoms with E-state index in [0.717, 1.165) is 0 Å². The molecule has 0 amide bonds. The Morgan fingerprint density at radius 2 is 1.14 bits per heavy atom. The van der Waals surface area contributed by atoms with E-state index in [1.165, 1.54) is 0 Å². The average molecular weight is 154 g/mol. The first-order valence-corrected chi connectivity index (χ1v) is 2.35. The Morgan fingerprint density at radius 3 is 1.14 bits per heavy atom. The minimum absolute atomic E-state index is 0. The summed E-state index contributed by atoms with van der Waals surface area (Å²) in [6.45, 7) is 0. The standard InChI is InChI=1S/ClH.FH.H3O4P/c;;1-5(2,3)4/h2*1H;(H3,1,2,3,4). The summed E-state index contributed by atoms with van der Waals surface area (Å²) in [7, 11) is -4.64. The zero-order valence-electron chi connectivity index (χ0n) is 3.01. The van der Waals surface area contributed by atoms with Crippen LogP contribution in [0.3, 0.4) is 0 Å². The predicted molar refractivity (Wildman–Crippen MR) is 24.0 cm³/mol. The van der Waals surface area contributed by atoms with Gasteiger partial charge in [-0.2, -0.15) is 0 Å². The Bertz CT molecular complexity index is 57.8. The molecule has 0 aromatic rings. The third-order valence-electron chi connectivity index (χ3n) is 0. The fourth-order valence-corrected chi connectivity index (χ4v) is 0. The summed E-state index contributed by atoms with van der Waals surface area (Å²) in [5, 5.41) is 0. The summed E-state index contributed by atoms with van der Waals surface area (Å²) in [4.78, 5) is 21.6. The number of rotatable bonds is 0. The van der Waals surface area contributed by atoms with Crippen LogP contribution in [0.2, 0.25) is 0 Å². The fourth-order valence-electron chi connectivity index (χ4n) is 0. The molecule has 7 heavy (non-hydrogen) atoms. The highest BCUT2D eigenvalue weighted by atomic mass is 35.5. The molecule has 4 nitrogen and oxygen atoms in total. The van der Waals surface area contributed by atoms with Gasteiger partial charge in [0.25, 0.3) is 0 Å². The first-order valence-electron chi connectivity index (χ1n) is 0.783. The number of hydrogen-bond donors (Lipinski definition) is 3. The molecule has 0 rings (SSSR count). The molecule has 3 N–H and O–H groups in total. The van der Waals surface area contributed by atoms with E-state index in [1.54, 1.807) is 0 Å². The van der Waals surface area contributed by atoms with Gasteiger partial charge in [0.15, 0.2) is 0 Å². The molecule has 0 aliphatic rings. The van der Waals surface area contributed by atoms with Gasteiger partial charge in [0.2, 0.25) is 0 Å². The summed E-state index contributed by atoms with van der Waals surface area (Å²) in [5.41, 5.74) is 0. The third kappa shape index (κ3) is 1090. The number of phosphoric acid groups is 1. The minimum atomic E-state index is -4.64. The van der Waals surface area contributed by atoms with Crippen LogP contribution in [0.25, 0.3) is 0 Å². The van der Waals surface area contributed by atoms with Gasteiger partial charge in [0.05, 0.1) is 0 Å². The van der Waals surface area contributed by atoms with Crippen molar-refractivity contribution in [3.8, 4) is 0 Å². The molecule has 0 bridgehead atoms. The molecule has 0 saturated carbocycles. The van der Waals surface area contributed by atoms with Gasteiger partial charge in [0, 0.05) is 0 Å². The molecule has 0 spiro atoms. The van der Waals surface area contributed by atoms with E-state index in [9.17, 15) is 0 Å². The van der Waals surface area contributed by atoms with Gasteiger partial charge in [-0.3, -0.25) is 4.70 Å². The molecule has 0 aliphatic heterocycles. The van der Waals surface area contributed by atoms with Gasteiger partial charge in [-0.15, -0.1) is 12.4 Å². The molecule has 0 radical (unpaired) electrons. The summed E-state index contributed by atoms with van der Waals surface area (Å²) in [6, 6.07) is 0. The third-order valence-corrected chi connectivity index (χ3v) is 0. The Labute approximate surface area is 45.2 Å². The van der Waals surface area contributed by atoms with Gasteiger partial charge in [-0.25, -0.2) is 4.57 Å². The Balaban J connectivity index is -0.0000000800. The highest BCUT2D eigenvalue weighted by molar-refractivity contribution is 7.45. The van der Waals surface area contributed by atoms with Crippen LogP contribution >= 0.6 is 20.2 Å². The highest BCUT2D eigenvalue weighted by Crippen LogP contribution is 2.25. The van der Waals surface area contributed by atoms with Crippen LogP contribution in [0.15, 0.2) is 0 Å². The number of hydrogen-bond acceptors (Lipinski definition) is 1. The topological polar surface area (TPSA) is 77.8 Å². The number of halogens is 2. The maximum absolute atomic E-state index is 8.88. The lowest BCUT2D eigenvalue weighted by atomic mass is 15.8. The molecule has 0 aromatic heterocycles. The summed E-state index contributed by atoms with van der Waals surface area (Å²) < 4.78 is 8.88. The zero-order valence-corrected chi connectivity index (χ0v) is 4.72. The van der Waals surface area contributed by atoms with Crippen molar-refractivity contribution in [1.82, 2.24) is 0 Å². The van der Waals surface area contributed by atoms with Gasteiger partial charge in [-0.05, 0) is 0 Å². The first-order chi connectivity index (χ1) is 2.00. The second kappa shape index (κ2) is 4.49. The van der Waals surface area contributed by atoms with Crippen molar-refractivity contribution in [3.05, 3.63) is 0 Å². The second-order valence-electron chi connectivity index (χ2n) is 0.513. The highest BCUT2D eigenvalue weighted by Gasteiger charge is 2.00. The van der Waals surface area contributed by atoms with Crippen LogP contribution < -0.4 is 0 Å². The molecule has 0 fully saturated rings. The van der Waals surface area contributed by atoms with Crippen molar-refractivity contribution in [2.75, 3.05) is 0 Å². The molecule has 48 valence electrons. The van der Waals surface area contributed by atoms with E-state index in [2.05, 4.69) is 0 Å². The minimum Gasteiger partial charge on any atom is -0.303 e. The Kier molecular flexibility index (Phi) is 10.0. The van der Waals surface area contributed by atoms with E-state index >= 15 is 0 Å². The van der Waals surface area contributed by atoms with Gasteiger partial charge in [0.1, 0.15) is 0 Å². The van der Waals surface area contributed by atoms with Gasteiger partial charge < -0.3 is 14.7 Å². The van der Waals surface area contributed by atoms with Gasteiger partial charge >= 0.3 is 7.82 Å². The van der Waals surface area contributed by atoms with Crippen LogP contribution in [0.4, 0.5) is 4.70 Å². The van der Waals surface area contributed by atoms with Crippen molar-refractivity contribution in [3.63, 3.8) is 0 Å². The van der Waals surface area contributed by atoms with E-state index in [-0.39, 0.29) is 17.1 Å². The fraction of sp³-hybridized carbons (Fsp3) is 0. The van der Waals surface area contributed by atoms with Crippen molar-refractivity contribution in [1.29, 1.82) is 0 Å². The van der Waals surface area contributed by atoms with Crippen LogP contribution in [0, 0.1) is 0 Å². The summed E-state index contributed by atoms with van der Waals surface area (Å²) in [6.07, 6.45) is 0. The maximum atomic E-state index is 8.88. The van der Waals surface area contributed by atoms with Crippen molar-refractivity contribution in [2.24, 2.45) is 0 Å². The van der Waals surface area contributed by atoms with Gasteiger partial charge in [-0.1, -0.05) is 0 Å². The predicted octanol–water partition coefficient (Wildman–Crippen LogP) is -0.354. The van der Waals surface area contributed by atoms with E-state index in [0.29, 0.717) is 0 Å². The lowest BCUT2D eigenvalue weighted by Crippen LogP contribution is -1.66. The summed E-state index contributed by atoms with van der Waals surface area (Å²) >= 11 is 0. The van der Waals surface area contributed by atoms with E-state index < -0.39 is 7.82 Å². The van der Waals surface area contributed by atoms with Crippen molar-refractivity contribution >= 4 is 20.2 Å². The Hall–Kier alpha value is 0.330. The summed E-state index contributed by atoms with van der Waals surface area (Å²) in [5.74, 6) is 0. The van der Waals surface area contributed by atoms with Crippen LogP contribution in [-0.2, 0) is 4.57 Å². The normalized spacial score (nSPS) is 8.43. The molecule has 0 saturated heterocycles. The Morgan fingerprint density at radius 1 is 1.14 bits per heavy atom. The SMILES string of the molecule is Cl.F.O=P(O)(O)O. The molecule has 0 unspecified atom stereocenters. The van der Waals surface area contributed by atoms with Crippen LogP contribution in [0.5, 0.6) is 0 Å². The average Bonchev–Trinajstić information content (AvgIpc) is 0.722. The molecular weight excluding hydrogens is 149 g/mol. The zero-order chi connectivity index (χ0) is 4.50. The monoisotopic (exact) mass is 154 g/mol. The van der Waals surface area contributed by atoms with Crippen molar-refractivity contribution in [2.45, 2.75) is 0 Å². The van der Waals surface area contributed by atoms with E-state index in [1.807, 2.05) is 0 Å². The smallest absolute Gasteiger partial charge is 0.303 e. The molecular formula is H5ClFO4P.